The Hall–Kier alpha value is -2.22. The fourth-order valence-electron chi connectivity index (χ4n) is 3.32. The Labute approximate surface area is 192 Å². The van der Waals surface area contributed by atoms with Crippen molar-refractivity contribution in [2.45, 2.75) is 26.3 Å². The first kappa shape index (κ1) is 21.0. The molecule has 4 aromatic rings. The van der Waals surface area contributed by atoms with Crippen molar-refractivity contribution < 1.29 is 4.79 Å². The summed E-state index contributed by atoms with van der Waals surface area (Å²) in [5, 5.41) is 1.12. The molecule has 0 radical (unpaired) electrons. The molecule has 0 atom stereocenters. The van der Waals surface area contributed by atoms with Gasteiger partial charge in [-0.15, -0.1) is 0 Å². The lowest BCUT2D eigenvalue weighted by atomic mass is 10.1. The lowest BCUT2D eigenvalue weighted by Gasteiger charge is -2.21. The molecule has 5 nitrogen and oxygen atoms in total. The molecule has 2 aromatic heterocycles. The van der Waals surface area contributed by atoms with Crippen molar-refractivity contribution in [3.63, 3.8) is 0 Å². The van der Waals surface area contributed by atoms with Crippen LogP contribution in [0.1, 0.15) is 29.3 Å². The number of carbonyl (C=O) groups is 1. The molecule has 0 aliphatic carbocycles. The molecule has 0 saturated carbocycles. The van der Waals surface area contributed by atoms with E-state index in [2.05, 4.69) is 40.0 Å². The van der Waals surface area contributed by atoms with Crippen LogP contribution in [0.4, 0.5) is 5.13 Å². The summed E-state index contributed by atoms with van der Waals surface area (Å²) in [5.74, 6) is -0.149. The van der Waals surface area contributed by atoms with Gasteiger partial charge in [0.1, 0.15) is 0 Å². The molecule has 0 spiro atoms. The number of hydrogen-bond donors (Lipinski definition) is 0. The zero-order chi connectivity index (χ0) is 21.1. The van der Waals surface area contributed by atoms with Gasteiger partial charge in [0.05, 0.1) is 27.1 Å². The number of thiazole rings is 1. The van der Waals surface area contributed by atoms with Crippen LogP contribution in [-0.4, -0.2) is 27.0 Å². The van der Waals surface area contributed by atoms with Gasteiger partial charge >= 0.3 is 0 Å². The molecule has 30 heavy (non-hydrogen) atoms. The summed E-state index contributed by atoms with van der Waals surface area (Å²) in [7, 11) is 0. The Bertz CT molecular complexity index is 1180. The van der Waals surface area contributed by atoms with E-state index in [1.807, 2.05) is 22.9 Å². The van der Waals surface area contributed by atoms with E-state index in [4.69, 9.17) is 16.6 Å². The minimum absolute atomic E-state index is 0.149. The highest BCUT2D eigenvalue weighted by atomic mass is 79.9. The van der Waals surface area contributed by atoms with E-state index in [-0.39, 0.29) is 5.91 Å². The maximum absolute atomic E-state index is 13.5. The molecule has 0 unspecified atom stereocenters. The summed E-state index contributed by atoms with van der Waals surface area (Å²) in [6.07, 6.45) is 7.12. The third-order valence-corrected chi connectivity index (χ3v) is 6.73. The highest BCUT2D eigenvalue weighted by Gasteiger charge is 2.23. The zero-order valence-electron chi connectivity index (χ0n) is 16.4. The van der Waals surface area contributed by atoms with Gasteiger partial charge < -0.3 is 4.57 Å². The normalized spacial score (nSPS) is 11.2. The first-order chi connectivity index (χ1) is 14.6. The van der Waals surface area contributed by atoms with E-state index in [1.165, 1.54) is 16.9 Å². The van der Waals surface area contributed by atoms with Crippen LogP contribution >= 0.6 is 38.9 Å². The number of nitrogens with zero attached hydrogens (tertiary/aromatic N) is 4. The van der Waals surface area contributed by atoms with E-state index in [1.54, 1.807) is 29.6 Å². The zero-order valence-corrected chi connectivity index (χ0v) is 19.5. The molecule has 8 heteroatoms. The SMILES string of the molecule is CCc1cccc2sc(N(CCCn3ccnc3)C(=O)c3cc(Br)ccc3Cl)nc12. The van der Waals surface area contributed by atoms with Crippen molar-refractivity contribution in [2.75, 3.05) is 11.4 Å². The molecular formula is C22H20BrClN4OS. The monoisotopic (exact) mass is 502 g/mol. The van der Waals surface area contributed by atoms with Crippen LogP contribution in [0.3, 0.4) is 0 Å². The molecule has 0 fully saturated rings. The summed E-state index contributed by atoms with van der Waals surface area (Å²) in [4.78, 5) is 24.2. The fourth-order valence-corrected chi connectivity index (χ4v) is 4.91. The summed E-state index contributed by atoms with van der Waals surface area (Å²) in [5.41, 5.74) is 2.61. The summed E-state index contributed by atoms with van der Waals surface area (Å²) in [6.45, 7) is 3.41. The molecular weight excluding hydrogens is 484 g/mol. The predicted molar refractivity (Wildman–Crippen MR) is 127 cm³/mol. The van der Waals surface area contributed by atoms with Gasteiger partial charge in [-0.3, -0.25) is 9.69 Å². The van der Waals surface area contributed by atoms with Crippen molar-refractivity contribution >= 4 is 60.1 Å². The smallest absolute Gasteiger partial charge is 0.261 e. The number of aryl methyl sites for hydroxylation is 2. The quantitative estimate of drug-likeness (QED) is 0.301. The number of anilines is 1. The van der Waals surface area contributed by atoms with E-state index in [0.29, 0.717) is 22.3 Å². The number of rotatable bonds is 7. The van der Waals surface area contributed by atoms with Gasteiger partial charge in [-0.25, -0.2) is 9.97 Å². The second kappa shape index (κ2) is 9.29. The maximum Gasteiger partial charge on any atom is 0.261 e. The molecule has 0 N–H and O–H groups in total. The lowest BCUT2D eigenvalue weighted by molar-refractivity contribution is 0.0986. The Morgan fingerprint density at radius 3 is 2.93 bits per heavy atom. The molecule has 154 valence electrons. The summed E-state index contributed by atoms with van der Waals surface area (Å²) in [6, 6.07) is 11.5. The van der Waals surface area contributed by atoms with Gasteiger partial charge in [-0.05, 0) is 42.7 Å². The number of fused-ring (bicyclic) bond motifs is 1. The van der Waals surface area contributed by atoms with Crippen molar-refractivity contribution in [1.82, 2.24) is 14.5 Å². The van der Waals surface area contributed by atoms with E-state index >= 15 is 0 Å². The van der Waals surface area contributed by atoms with Gasteiger partial charge in [-0.1, -0.05) is 57.9 Å². The molecule has 1 amide bonds. The molecule has 0 bridgehead atoms. The van der Waals surface area contributed by atoms with E-state index in [0.717, 1.165) is 34.1 Å². The van der Waals surface area contributed by atoms with Gasteiger partial charge in [-0.2, -0.15) is 0 Å². The highest BCUT2D eigenvalue weighted by Crippen LogP contribution is 2.33. The fraction of sp³-hybridized carbons (Fsp3) is 0.227. The number of halogens is 2. The summed E-state index contributed by atoms with van der Waals surface area (Å²) < 4.78 is 3.89. The van der Waals surface area contributed by atoms with E-state index < -0.39 is 0 Å². The number of carbonyl (C=O) groups excluding carboxylic acids is 1. The van der Waals surface area contributed by atoms with Crippen LogP contribution in [-0.2, 0) is 13.0 Å². The number of benzene rings is 2. The van der Waals surface area contributed by atoms with Crippen molar-refractivity contribution in [3.05, 3.63) is 75.7 Å². The van der Waals surface area contributed by atoms with Crippen molar-refractivity contribution in [1.29, 1.82) is 0 Å². The minimum Gasteiger partial charge on any atom is -0.337 e. The average molecular weight is 504 g/mol. The minimum atomic E-state index is -0.149. The Kier molecular flexibility index (Phi) is 6.51. The number of aromatic nitrogens is 3. The van der Waals surface area contributed by atoms with Gasteiger partial charge in [0, 0.05) is 30.0 Å². The number of hydrogen-bond acceptors (Lipinski definition) is 4. The molecule has 4 rings (SSSR count). The molecule has 0 saturated heterocycles. The van der Waals surface area contributed by atoms with Crippen LogP contribution in [0.2, 0.25) is 5.02 Å². The molecule has 2 heterocycles. The van der Waals surface area contributed by atoms with Gasteiger partial charge in [0.2, 0.25) is 0 Å². The van der Waals surface area contributed by atoms with Gasteiger partial charge in [0.25, 0.3) is 5.91 Å². The standard InChI is InChI=1S/C22H20BrClN4OS/c1-2-15-5-3-6-19-20(15)26-22(30-19)28(11-4-10-27-12-9-25-14-27)21(29)17-13-16(23)7-8-18(17)24/h3,5-9,12-14H,2,4,10-11H2,1H3. The van der Waals surface area contributed by atoms with Crippen LogP contribution < -0.4 is 4.90 Å². The first-order valence-corrected chi connectivity index (χ1v) is 11.7. The van der Waals surface area contributed by atoms with Crippen molar-refractivity contribution in [2.24, 2.45) is 0 Å². The molecule has 2 aromatic carbocycles. The number of imidazole rings is 1. The summed E-state index contributed by atoms with van der Waals surface area (Å²) >= 11 is 11.3. The van der Waals surface area contributed by atoms with Gasteiger partial charge in [0.15, 0.2) is 5.13 Å². The first-order valence-electron chi connectivity index (χ1n) is 9.68. The largest absolute Gasteiger partial charge is 0.337 e. The lowest BCUT2D eigenvalue weighted by Crippen LogP contribution is -2.32. The Balaban J connectivity index is 1.69. The highest BCUT2D eigenvalue weighted by molar-refractivity contribution is 9.10. The van der Waals surface area contributed by atoms with E-state index in [9.17, 15) is 4.79 Å². The predicted octanol–water partition coefficient (Wildman–Crippen LogP) is 6.21. The van der Waals surface area contributed by atoms with Crippen LogP contribution in [0.25, 0.3) is 10.2 Å². The van der Waals surface area contributed by atoms with Crippen LogP contribution in [0, 0.1) is 0 Å². The third kappa shape index (κ3) is 4.43. The average Bonchev–Trinajstić information content (AvgIpc) is 3.41. The Morgan fingerprint density at radius 2 is 2.17 bits per heavy atom. The second-order valence-electron chi connectivity index (χ2n) is 6.85. The number of para-hydroxylation sites is 1. The topological polar surface area (TPSA) is 51.0 Å². The van der Waals surface area contributed by atoms with Crippen LogP contribution in [0.5, 0.6) is 0 Å². The maximum atomic E-state index is 13.5. The molecule has 0 aliphatic heterocycles. The molecule has 0 aliphatic rings. The van der Waals surface area contributed by atoms with Crippen molar-refractivity contribution in [3.8, 4) is 0 Å². The van der Waals surface area contributed by atoms with Crippen LogP contribution in [0.15, 0.2) is 59.6 Å². The Morgan fingerprint density at radius 1 is 1.30 bits per heavy atom. The second-order valence-corrected chi connectivity index (χ2v) is 9.18. The number of amides is 1. The third-order valence-electron chi connectivity index (χ3n) is 4.86.